The molecule has 1 heterocycles. The molecule has 0 aliphatic heterocycles. The van der Waals surface area contributed by atoms with Gasteiger partial charge in [0.2, 0.25) is 0 Å². The summed E-state index contributed by atoms with van der Waals surface area (Å²) in [6.07, 6.45) is 5.01. The molecule has 0 saturated heterocycles. The molecule has 26 heavy (non-hydrogen) atoms. The van der Waals surface area contributed by atoms with Crippen LogP contribution >= 0.6 is 0 Å². The average molecular weight is 355 g/mol. The van der Waals surface area contributed by atoms with Crippen LogP contribution in [0.3, 0.4) is 0 Å². The second-order valence-electron chi connectivity index (χ2n) is 6.00. The predicted octanol–water partition coefficient (Wildman–Crippen LogP) is 2.38. The topological polar surface area (TPSA) is 70.4 Å². The van der Waals surface area contributed by atoms with E-state index in [-0.39, 0.29) is 5.91 Å². The molecule has 1 aromatic carbocycles. The summed E-state index contributed by atoms with van der Waals surface area (Å²) in [5.74, 6) is 0.745. The Bertz CT molecular complexity index is 694. The van der Waals surface area contributed by atoms with Crippen molar-refractivity contribution in [2.24, 2.45) is 4.99 Å². The number of hydrogen-bond donors (Lipinski definition) is 3. The quantitative estimate of drug-likeness (QED) is 0.478. The molecule has 1 amide bonds. The van der Waals surface area contributed by atoms with Crippen molar-refractivity contribution in [1.82, 2.24) is 20.5 Å². The molecule has 0 radical (unpaired) electrons. The van der Waals surface area contributed by atoms with Gasteiger partial charge in [0.1, 0.15) is 0 Å². The van der Waals surface area contributed by atoms with Crippen LogP contribution in [0.1, 0.15) is 36.2 Å². The molecule has 0 unspecified atom stereocenters. The largest absolute Gasteiger partial charge is 0.357 e. The van der Waals surface area contributed by atoms with Crippen molar-refractivity contribution in [1.29, 1.82) is 0 Å². The van der Waals surface area contributed by atoms with Gasteiger partial charge in [-0.25, -0.2) is 4.99 Å². The second kappa shape index (κ2) is 11.0. The van der Waals surface area contributed by atoms with Crippen LogP contribution in [-0.4, -0.2) is 36.1 Å². The van der Waals surface area contributed by atoms with Gasteiger partial charge in [0.05, 0.1) is 6.54 Å². The minimum Gasteiger partial charge on any atom is -0.357 e. The van der Waals surface area contributed by atoms with Crippen molar-refractivity contribution in [3.63, 3.8) is 0 Å². The number of carbonyl (C=O) groups is 1. The molecular weight excluding hydrogens is 326 g/mol. The normalized spacial score (nSPS) is 11.2. The SMILES string of the molecule is CCCNC(=O)c1cccc(CN=C(NCC)NCCn2cccc2)c1. The number of aromatic nitrogens is 1. The van der Waals surface area contributed by atoms with E-state index in [4.69, 9.17) is 0 Å². The summed E-state index contributed by atoms with van der Waals surface area (Å²) in [4.78, 5) is 16.7. The van der Waals surface area contributed by atoms with Gasteiger partial charge in [0.25, 0.3) is 5.91 Å². The van der Waals surface area contributed by atoms with Crippen LogP contribution < -0.4 is 16.0 Å². The van der Waals surface area contributed by atoms with Gasteiger partial charge >= 0.3 is 0 Å². The lowest BCUT2D eigenvalue weighted by molar-refractivity contribution is 0.0953. The smallest absolute Gasteiger partial charge is 0.251 e. The Morgan fingerprint density at radius 3 is 2.58 bits per heavy atom. The minimum absolute atomic E-state index is 0.0329. The van der Waals surface area contributed by atoms with Crippen LogP contribution in [0, 0.1) is 0 Å². The van der Waals surface area contributed by atoms with E-state index in [1.807, 2.05) is 62.6 Å². The molecule has 3 N–H and O–H groups in total. The predicted molar refractivity (Wildman–Crippen MR) is 106 cm³/mol. The van der Waals surface area contributed by atoms with Crippen LogP contribution in [0.4, 0.5) is 0 Å². The van der Waals surface area contributed by atoms with Crippen LogP contribution in [0.2, 0.25) is 0 Å². The molecule has 140 valence electrons. The number of rotatable bonds is 9. The average Bonchev–Trinajstić information content (AvgIpc) is 3.18. The Hall–Kier alpha value is -2.76. The fourth-order valence-corrected chi connectivity index (χ4v) is 2.49. The van der Waals surface area contributed by atoms with Crippen LogP contribution in [0.25, 0.3) is 0 Å². The lowest BCUT2D eigenvalue weighted by atomic mass is 10.1. The third kappa shape index (κ3) is 6.63. The summed E-state index contributed by atoms with van der Waals surface area (Å²) in [7, 11) is 0. The first-order valence-electron chi connectivity index (χ1n) is 9.23. The highest BCUT2D eigenvalue weighted by Crippen LogP contribution is 2.07. The molecule has 6 heteroatoms. The van der Waals surface area contributed by atoms with Crippen LogP contribution in [0.5, 0.6) is 0 Å². The van der Waals surface area contributed by atoms with Gasteiger partial charge in [-0.05, 0) is 43.2 Å². The van der Waals surface area contributed by atoms with Gasteiger partial charge < -0.3 is 20.5 Å². The minimum atomic E-state index is -0.0329. The number of nitrogens with zero attached hydrogens (tertiary/aromatic N) is 2. The van der Waals surface area contributed by atoms with Crippen molar-refractivity contribution >= 4 is 11.9 Å². The number of amides is 1. The zero-order chi connectivity index (χ0) is 18.6. The molecule has 0 saturated carbocycles. The molecule has 6 nitrogen and oxygen atoms in total. The molecule has 0 aliphatic rings. The first-order valence-corrected chi connectivity index (χ1v) is 9.23. The Balaban J connectivity index is 1.91. The highest BCUT2D eigenvalue weighted by molar-refractivity contribution is 5.94. The fourth-order valence-electron chi connectivity index (χ4n) is 2.49. The van der Waals surface area contributed by atoms with E-state index < -0.39 is 0 Å². The maximum atomic E-state index is 12.1. The van der Waals surface area contributed by atoms with E-state index in [1.54, 1.807) is 0 Å². The van der Waals surface area contributed by atoms with Crippen molar-refractivity contribution in [3.8, 4) is 0 Å². The van der Waals surface area contributed by atoms with E-state index in [1.165, 1.54) is 0 Å². The van der Waals surface area contributed by atoms with Gasteiger partial charge in [-0.3, -0.25) is 4.79 Å². The van der Waals surface area contributed by atoms with Gasteiger partial charge in [-0.1, -0.05) is 19.1 Å². The third-order valence-electron chi connectivity index (χ3n) is 3.82. The summed E-state index contributed by atoms with van der Waals surface area (Å²) in [6.45, 7) is 7.77. The maximum Gasteiger partial charge on any atom is 0.251 e. The highest BCUT2D eigenvalue weighted by atomic mass is 16.1. The number of hydrogen-bond acceptors (Lipinski definition) is 2. The fraction of sp³-hybridized carbons (Fsp3) is 0.400. The number of aliphatic imine (C=N–C) groups is 1. The first kappa shape index (κ1) is 19.6. The lowest BCUT2D eigenvalue weighted by Crippen LogP contribution is -2.38. The molecule has 2 rings (SSSR count). The van der Waals surface area contributed by atoms with E-state index in [0.29, 0.717) is 18.7 Å². The zero-order valence-electron chi connectivity index (χ0n) is 15.7. The van der Waals surface area contributed by atoms with Crippen LogP contribution in [-0.2, 0) is 13.1 Å². The van der Waals surface area contributed by atoms with Gasteiger partial charge in [-0.2, -0.15) is 0 Å². The standard InChI is InChI=1S/C20H29N5O/c1-3-10-22-19(26)18-9-7-8-17(15-18)16-24-20(21-4-2)23-11-14-25-12-5-6-13-25/h5-9,12-13,15H,3-4,10-11,14,16H2,1-2H3,(H,22,26)(H2,21,23,24). The van der Waals surface area contributed by atoms with Crippen molar-refractivity contribution in [2.45, 2.75) is 33.4 Å². The molecule has 2 aromatic rings. The second-order valence-corrected chi connectivity index (χ2v) is 6.00. The highest BCUT2D eigenvalue weighted by Gasteiger charge is 2.05. The Kier molecular flexibility index (Phi) is 8.26. The lowest BCUT2D eigenvalue weighted by Gasteiger charge is -2.12. The monoisotopic (exact) mass is 355 g/mol. The summed E-state index contributed by atoms with van der Waals surface area (Å²) in [5, 5.41) is 9.48. The number of guanidine groups is 1. The molecule has 0 spiro atoms. The van der Waals surface area contributed by atoms with Gasteiger partial charge in [0, 0.05) is 44.1 Å². The van der Waals surface area contributed by atoms with Gasteiger partial charge in [-0.15, -0.1) is 0 Å². The molecule has 0 atom stereocenters. The Labute approximate surface area is 155 Å². The van der Waals surface area contributed by atoms with Crippen molar-refractivity contribution in [3.05, 3.63) is 59.9 Å². The number of benzene rings is 1. The zero-order valence-corrected chi connectivity index (χ0v) is 15.7. The van der Waals surface area contributed by atoms with E-state index in [9.17, 15) is 4.79 Å². The van der Waals surface area contributed by atoms with Gasteiger partial charge in [0.15, 0.2) is 5.96 Å². The Morgan fingerprint density at radius 1 is 1.04 bits per heavy atom. The summed E-state index contributed by atoms with van der Waals surface area (Å²) in [5.41, 5.74) is 1.69. The molecule has 0 bridgehead atoms. The maximum absolute atomic E-state index is 12.1. The van der Waals surface area contributed by atoms with Crippen LogP contribution in [0.15, 0.2) is 53.8 Å². The summed E-state index contributed by atoms with van der Waals surface area (Å²) in [6, 6.07) is 11.7. The van der Waals surface area contributed by atoms with E-state index >= 15 is 0 Å². The molecule has 0 aliphatic carbocycles. The number of nitrogens with one attached hydrogen (secondary N) is 3. The molecule has 0 fully saturated rings. The molecule has 1 aromatic heterocycles. The Morgan fingerprint density at radius 2 is 1.85 bits per heavy atom. The molecular formula is C20H29N5O. The van der Waals surface area contributed by atoms with Crippen molar-refractivity contribution < 1.29 is 4.79 Å². The van der Waals surface area contributed by atoms with E-state index in [2.05, 4.69) is 25.5 Å². The first-order chi connectivity index (χ1) is 12.7. The summed E-state index contributed by atoms with van der Waals surface area (Å²) < 4.78 is 2.12. The number of carbonyl (C=O) groups excluding carboxylic acids is 1. The van der Waals surface area contributed by atoms with Crippen molar-refractivity contribution in [2.75, 3.05) is 19.6 Å². The third-order valence-corrected chi connectivity index (χ3v) is 3.82. The van der Waals surface area contributed by atoms with E-state index in [0.717, 1.165) is 37.6 Å². The summed E-state index contributed by atoms with van der Waals surface area (Å²) >= 11 is 0.